The van der Waals surface area contributed by atoms with Crippen LogP contribution in [0.1, 0.15) is 24.6 Å². The Hall–Kier alpha value is -0.930. The lowest BCUT2D eigenvalue weighted by molar-refractivity contribution is 0.567. The molecular weight excluding hydrogens is 302 g/mol. The average Bonchev–Trinajstić information content (AvgIpc) is 2.90. The molecule has 0 amide bonds. The van der Waals surface area contributed by atoms with E-state index in [0.717, 1.165) is 17.8 Å². The first kappa shape index (κ1) is 15.5. The normalized spacial score (nSPS) is 22.2. The summed E-state index contributed by atoms with van der Waals surface area (Å²) in [6.07, 6.45) is 1.80. The third kappa shape index (κ3) is 3.21. The summed E-state index contributed by atoms with van der Waals surface area (Å²) in [6, 6.07) is 0. The molecule has 1 unspecified atom stereocenters. The van der Waals surface area contributed by atoms with Crippen LogP contribution in [0.25, 0.3) is 0 Å². The highest BCUT2D eigenvalue weighted by atomic mass is 32.2. The summed E-state index contributed by atoms with van der Waals surface area (Å²) in [5.41, 5.74) is 1.71. The van der Waals surface area contributed by atoms with Crippen molar-refractivity contribution < 1.29 is 16.8 Å². The van der Waals surface area contributed by atoms with Gasteiger partial charge in [-0.2, -0.15) is 5.10 Å². The van der Waals surface area contributed by atoms with Crippen LogP contribution in [0.15, 0.2) is 6.20 Å². The fourth-order valence-electron chi connectivity index (χ4n) is 2.28. The number of hydrogen-bond donors (Lipinski definition) is 1. The van der Waals surface area contributed by atoms with Gasteiger partial charge in [0, 0.05) is 24.3 Å². The molecule has 1 aliphatic heterocycles. The number of nitrogens with one attached hydrogen (secondary N) is 1. The third-order valence-electron chi connectivity index (χ3n) is 3.60. The highest BCUT2D eigenvalue weighted by molar-refractivity contribution is 7.95. The fraction of sp³-hybridized carbons (Fsp3) is 0.727. The molecule has 1 aromatic heterocycles. The minimum Gasteiger partial charge on any atom is -0.270 e. The molecule has 1 fully saturated rings. The predicted molar refractivity (Wildman–Crippen MR) is 75.5 cm³/mol. The van der Waals surface area contributed by atoms with Crippen LogP contribution in [0.3, 0.4) is 0 Å². The molecule has 0 spiro atoms. The van der Waals surface area contributed by atoms with Crippen molar-refractivity contribution >= 4 is 19.9 Å². The standard InChI is InChI=1S/C11H19N3O4S2/c1-3-14-9(2)10(6-12-14)7-13-20(17,18)11-4-5-19(15,16)8-11/h6,11,13H,3-5,7-8H2,1-2H3. The zero-order valence-corrected chi connectivity index (χ0v) is 13.2. The Kier molecular flexibility index (Phi) is 4.22. The van der Waals surface area contributed by atoms with E-state index in [4.69, 9.17) is 0 Å². The van der Waals surface area contributed by atoms with Gasteiger partial charge in [-0.3, -0.25) is 4.68 Å². The van der Waals surface area contributed by atoms with E-state index in [0.29, 0.717) is 0 Å². The lowest BCUT2D eigenvalue weighted by Gasteiger charge is -2.11. The second-order valence-corrected chi connectivity index (χ2v) is 9.24. The van der Waals surface area contributed by atoms with Crippen molar-refractivity contribution in [2.75, 3.05) is 11.5 Å². The third-order valence-corrected chi connectivity index (χ3v) is 7.40. The highest BCUT2D eigenvalue weighted by Gasteiger charge is 2.36. The molecular formula is C11H19N3O4S2. The van der Waals surface area contributed by atoms with E-state index in [1.165, 1.54) is 0 Å². The number of hydrogen-bond acceptors (Lipinski definition) is 5. The molecule has 1 N–H and O–H groups in total. The predicted octanol–water partition coefficient (Wildman–Crippen LogP) is -0.182. The summed E-state index contributed by atoms with van der Waals surface area (Å²) in [6.45, 7) is 4.70. The van der Waals surface area contributed by atoms with Gasteiger partial charge in [-0.25, -0.2) is 21.6 Å². The molecule has 114 valence electrons. The summed E-state index contributed by atoms with van der Waals surface area (Å²) in [5.74, 6) is -0.332. The zero-order valence-electron chi connectivity index (χ0n) is 11.5. The molecule has 1 atom stereocenters. The second-order valence-electron chi connectivity index (χ2n) is 4.96. The van der Waals surface area contributed by atoms with Crippen LogP contribution in [-0.4, -0.2) is 43.4 Å². The fourth-order valence-corrected chi connectivity index (χ4v) is 6.33. The van der Waals surface area contributed by atoms with Gasteiger partial charge in [-0.1, -0.05) is 0 Å². The van der Waals surface area contributed by atoms with E-state index in [-0.39, 0.29) is 24.5 Å². The van der Waals surface area contributed by atoms with Gasteiger partial charge in [0.15, 0.2) is 9.84 Å². The minimum atomic E-state index is -3.61. The number of aryl methyl sites for hydroxylation is 1. The molecule has 1 saturated heterocycles. The summed E-state index contributed by atoms with van der Waals surface area (Å²) in [5, 5.41) is 3.30. The minimum absolute atomic E-state index is 0.0502. The number of aromatic nitrogens is 2. The van der Waals surface area contributed by atoms with E-state index < -0.39 is 25.1 Å². The van der Waals surface area contributed by atoms with Crippen molar-refractivity contribution in [3.8, 4) is 0 Å². The van der Waals surface area contributed by atoms with Gasteiger partial charge >= 0.3 is 0 Å². The molecule has 1 aliphatic rings. The summed E-state index contributed by atoms with van der Waals surface area (Å²) >= 11 is 0. The molecule has 20 heavy (non-hydrogen) atoms. The van der Waals surface area contributed by atoms with Crippen molar-refractivity contribution in [3.05, 3.63) is 17.5 Å². The second kappa shape index (κ2) is 5.45. The topological polar surface area (TPSA) is 98.1 Å². The van der Waals surface area contributed by atoms with Gasteiger partial charge in [0.05, 0.1) is 23.0 Å². The van der Waals surface area contributed by atoms with E-state index >= 15 is 0 Å². The summed E-state index contributed by atoms with van der Waals surface area (Å²) < 4.78 is 51.1. The quantitative estimate of drug-likeness (QED) is 0.811. The van der Waals surface area contributed by atoms with E-state index in [1.807, 2.05) is 13.8 Å². The monoisotopic (exact) mass is 321 g/mol. The first-order chi connectivity index (χ1) is 9.25. The number of sulfone groups is 1. The van der Waals surface area contributed by atoms with Gasteiger partial charge in [0.25, 0.3) is 0 Å². The highest BCUT2D eigenvalue weighted by Crippen LogP contribution is 2.18. The number of rotatable bonds is 5. The van der Waals surface area contributed by atoms with Gasteiger partial charge in [-0.05, 0) is 20.3 Å². The molecule has 0 aromatic carbocycles. The van der Waals surface area contributed by atoms with Crippen molar-refractivity contribution in [2.45, 2.75) is 38.6 Å². The maximum absolute atomic E-state index is 12.1. The van der Waals surface area contributed by atoms with Crippen LogP contribution in [0.4, 0.5) is 0 Å². The lowest BCUT2D eigenvalue weighted by Crippen LogP contribution is -2.34. The Morgan fingerprint density at radius 1 is 1.50 bits per heavy atom. The molecule has 0 aliphatic carbocycles. The van der Waals surface area contributed by atoms with Crippen molar-refractivity contribution in [2.24, 2.45) is 0 Å². The Morgan fingerprint density at radius 3 is 2.70 bits per heavy atom. The maximum Gasteiger partial charge on any atom is 0.215 e. The lowest BCUT2D eigenvalue weighted by atomic mass is 10.3. The Bertz CT molecular complexity index is 691. The molecule has 0 radical (unpaired) electrons. The Morgan fingerprint density at radius 2 is 2.20 bits per heavy atom. The van der Waals surface area contributed by atoms with Crippen LogP contribution in [0.2, 0.25) is 0 Å². The van der Waals surface area contributed by atoms with E-state index in [2.05, 4.69) is 9.82 Å². The number of sulfonamides is 1. The van der Waals surface area contributed by atoms with Gasteiger partial charge in [0.2, 0.25) is 10.0 Å². The molecule has 2 rings (SSSR count). The SMILES string of the molecule is CCn1ncc(CNS(=O)(=O)C2CCS(=O)(=O)C2)c1C. The van der Waals surface area contributed by atoms with E-state index in [1.54, 1.807) is 10.9 Å². The molecule has 1 aromatic rings. The number of nitrogens with zero attached hydrogens (tertiary/aromatic N) is 2. The van der Waals surface area contributed by atoms with Crippen LogP contribution >= 0.6 is 0 Å². The van der Waals surface area contributed by atoms with Gasteiger partial charge in [0.1, 0.15) is 0 Å². The zero-order chi connectivity index (χ0) is 15.0. The van der Waals surface area contributed by atoms with Gasteiger partial charge < -0.3 is 0 Å². The van der Waals surface area contributed by atoms with Crippen molar-refractivity contribution in [1.82, 2.24) is 14.5 Å². The largest absolute Gasteiger partial charge is 0.270 e. The smallest absolute Gasteiger partial charge is 0.215 e. The Labute approximate surface area is 119 Å². The van der Waals surface area contributed by atoms with E-state index in [9.17, 15) is 16.8 Å². The average molecular weight is 321 g/mol. The molecule has 2 heterocycles. The molecule has 0 saturated carbocycles. The summed E-state index contributed by atoms with van der Waals surface area (Å²) in [7, 11) is -6.81. The van der Waals surface area contributed by atoms with Crippen LogP contribution in [-0.2, 0) is 33.0 Å². The van der Waals surface area contributed by atoms with Crippen molar-refractivity contribution in [1.29, 1.82) is 0 Å². The van der Waals surface area contributed by atoms with Crippen LogP contribution in [0, 0.1) is 6.92 Å². The first-order valence-corrected chi connectivity index (χ1v) is 9.82. The summed E-state index contributed by atoms with van der Waals surface area (Å²) in [4.78, 5) is 0. The first-order valence-electron chi connectivity index (χ1n) is 6.45. The molecule has 9 heteroatoms. The van der Waals surface area contributed by atoms with Crippen LogP contribution in [0.5, 0.6) is 0 Å². The molecule has 0 bridgehead atoms. The van der Waals surface area contributed by atoms with Gasteiger partial charge in [-0.15, -0.1) is 0 Å². The van der Waals surface area contributed by atoms with Crippen molar-refractivity contribution in [3.63, 3.8) is 0 Å². The Balaban J connectivity index is 2.04. The van der Waals surface area contributed by atoms with Crippen LogP contribution < -0.4 is 4.72 Å². The maximum atomic E-state index is 12.1. The molecule has 7 nitrogen and oxygen atoms in total.